The molecule has 1 N–H and O–H groups in total. The summed E-state index contributed by atoms with van der Waals surface area (Å²) in [5.41, 5.74) is 0.779. The first-order valence-electron chi connectivity index (χ1n) is 5.70. The smallest absolute Gasteiger partial charge is 0.287 e. The highest BCUT2D eigenvalue weighted by Crippen LogP contribution is 2.13. The standard InChI is InChI=1S/C11H12N6OS/c1-7-15-17-6-8(14-11(17)19-7)5-13-10(18)9-12-3-4-16(9)2/h3-4,6H,5H2,1-2H3,(H,13,18). The molecular formula is C11H12N6OS. The van der Waals surface area contributed by atoms with E-state index >= 15 is 0 Å². The Bertz CT molecular complexity index is 708. The zero-order valence-corrected chi connectivity index (χ0v) is 11.3. The molecule has 0 aliphatic heterocycles. The number of aromatic nitrogens is 5. The van der Waals surface area contributed by atoms with Gasteiger partial charge < -0.3 is 9.88 Å². The Kier molecular flexibility index (Phi) is 2.79. The molecule has 98 valence electrons. The largest absolute Gasteiger partial charge is 0.344 e. The molecule has 0 bridgehead atoms. The first kappa shape index (κ1) is 11.8. The van der Waals surface area contributed by atoms with Crippen LogP contribution in [0.2, 0.25) is 0 Å². The third kappa shape index (κ3) is 2.22. The van der Waals surface area contributed by atoms with Gasteiger partial charge in [-0.2, -0.15) is 5.10 Å². The predicted molar refractivity (Wildman–Crippen MR) is 70.0 cm³/mol. The van der Waals surface area contributed by atoms with E-state index in [2.05, 4.69) is 20.4 Å². The summed E-state index contributed by atoms with van der Waals surface area (Å²) in [7, 11) is 1.78. The summed E-state index contributed by atoms with van der Waals surface area (Å²) >= 11 is 1.52. The van der Waals surface area contributed by atoms with Crippen molar-refractivity contribution in [2.24, 2.45) is 7.05 Å². The minimum Gasteiger partial charge on any atom is -0.344 e. The van der Waals surface area contributed by atoms with Gasteiger partial charge >= 0.3 is 0 Å². The second-order valence-electron chi connectivity index (χ2n) is 4.12. The molecule has 0 aromatic carbocycles. The van der Waals surface area contributed by atoms with E-state index in [9.17, 15) is 4.79 Å². The topological polar surface area (TPSA) is 77.1 Å². The fourth-order valence-corrected chi connectivity index (χ4v) is 2.51. The van der Waals surface area contributed by atoms with Gasteiger partial charge in [-0.3, -0.25) is 4.79 Å². The molecule has 0 unspecified atom stereocenters. The second kappa shape index (κ2) is 4.47. The Morgan fingerprint density at radius 1 is 1.53 bits per heavy atom. The third-order valence-electron chi connectivity index (χ3n) is 2.65. The molecule has 0 saturated carbocycles. The van der Waals surface area contributed by atoms with Gasteiger partial charge in [-0.1, -0.05) is 11.3 Å². The van der Waals surface area contributed by atoms with Crippen LogP contribution in [0.3, 0.4) is 0 Å². The molecule has 0 radical (unpaired) electrons. The lowest BCUT2D eigenvalue weighted by Gasteiger charge is -2.02. The quantitative estimate of drug-likeness (QED) is 0.766. The molecule has 0 spiro atoms. The highest BCUT2D eigenvalue weighted by molar-refractivity contribution is 7.16. The zero-order valence-electron chi connectivity index (χ0n) is 10.5. The van der Waals surface area contributed by atoms with Crippen molar-refractivity contribution in [2.75, 3.05) is 0 Å². The molecule has 1 amide bonds. The van der Waals surface area contributed by atoms with Crippen LogP contribution in [0.1, 0.15) is 21.3 Å². The Morgan fingerprint density at radius 2 is 2.37 bits per heavy atom. The lowest BCUT2D eigenvalue weighted by atomic mass is 10.4. The SMILES string of the molecule is Cc1nn2cc(CNC(=O)c3nccn3C)nc2s1. The van der Waals surface area contributed by atoms with Crippen LogP contribution in [0.25, 0.3) is 4.96 Å². The number of hydrogen-bond donors (Lipinski definition) is 1. The summed E-state index contributed by atoms with van der Waals surface area (Å²) in [6.07, 6.45) is 5.14. The number of amides is 1. The minimum absolute atomic E-state index is 0.215. The molecule has 3 aromatic heterocycles. The summed E-state index contributed by atoms with van der Waals surface area (Å²) in [4.78, 5) is 21.1. The van der Waals surface area contributed by atoms with Crippen LogP contribution < -0.4 is 5.32 Å². The van der Waals surface area contributed by atoms with E-state index in [1.54, 1.807) is 28.5 Å². The first-order chi connectivity index (χ1) is 9.13. The number of carbonyl (C=O) groups excluding carboxylic acids is 1. The lowest BCUT2D eigenvalue weighted by Crippen LogP contribution is -2.25. The van der Waals surface area contributed by atoms with Crippen LogP contribution in [0.15, 0.2) is 18.6 Å². The van der Waals surface area contributed by atoms with Crippen molar-refractivity contribution >= 4 is 22.2 Å². The number of imidazole rings is 2. The van der Waals surface area contributed by atoms with Crippen molar-refractivity contribution in [1.29, 1.82) is 0 Å². The Morgan fingerprint density at radius 3 is 3.05 bits per heavy atom. The minimum atomic E-state index is -0.215. The van der Waals surface area contributed by atoms with Crippen molar-refractivity contribution in [3.63, 3.8) is 0 Å². The van der Waals surface area contributed by atoms with Crippen LogP contribution in [0.5, 0.6) is 0 Å². The van der Waals surface area contributed by atoms with Crippen molar-refractivity contribution in [3.8, 4) is 0 Å². The van der Waals surface area contributed by atoms with Crippen LogP contribution in [-0.2, 0) is 13.6 Å². The molecule has 0 saturated heterocycles. The number of hydrogen-bond acceptors (Lipinski definition) is 5. The maximum Gasteiger partial charge on any atom is 0.287 e. The molecule has 0 aliphatic rings. The number of nitrogens with one attached hydrogen (secondary N) is 1. The highest BCUT2D eigenvalue weighted by Gasteiger charge is 2.11. The number of nitrogens with zero attached hydrogens (tertiary/aromatic N) is 5. The molecule has 0 aliphatic carbocycles. The van der Waals surface area contributed by atoms with E-state index in [0.717, 1.165) is 15.7 Å². The predicted octanol–water partition coefficient (Wildman–Crippen LogP) is 0.763. The van der Waals surface area contributed by atoms with E-state index in [4.69, 9.17) is 0 Å². The molecular weight excluding hydrogens is 264 g/mol. The Hall–Kier alpha value is -2.22. The molecule has 0 atom stereocenters. The average molecular weight is 276 g/mol. The van der Waals surface area contributed by atoms with Crippen molar-refractivity contribution in [1.82, 2.24) is 29.5 Å². The number of carbonyl (C=O) groups is 1. The second-order valence-corrected chi connectivity index (χ2v) is 5.28. The van der Waals surface area contributed by atoms with Crippen LogP contribution in [0, 0.1) is 6.92 Å². The summed E-state index contributed by atoms with van der Waals surface area (Å²) in [6, 6.07) is 0. The molecule has 8 heteroatoms. The van der Waals surface area contributed by atoms with E-state index in [1.165, 1.54) is 11.3 Å². The molecule has 3 aromatic rings. The van der Waals surface area contributed by atoms with E-state index in [-0.39, 0.29) is 5.91 Å². The number of fused-ring (bicyclic) bond motifs is 1. The van der Waals surface area contributed by atoms with Crippen LogP contribution in [-0.4, -0.2) is 30.1 Å². The van der Waals surface area contributed by atoms with E-state index in [0.29, 0.717) is 12.4 Å². The van der Waals surface area contributed by atoms with Crippen molar-refractivity contribution in [2.45, 2.75) is 13.5 Å². The van der Waals surface area contributed by atoms with E-state index < -0.39 is 0 Å². The first-order valence-corrected chi connectivity index (χ1v) is 6.52. The highest BCUT2D eigenvalue weighted by atomic mass is 32.1. The number of rotatable bonds is 3. The van der Waals surface area contributed by atoms with Crippen molar-refractivity contribution in [3.05, 3.63) is 35.1 Å². The molecule has 3 heterocycles. The average Bonchev–Trinajstić information content (AvgIpc) is 3.00. The van der Waals surface area contributed by atoms with Crippen molar-refractivity contribution < 1.29 is 4.79 Å². The number of aryl methyl sites for hydroxylation is 2. The van der Waals surface area contributed by atoms with Gasteiger partial charge in [-0.25, -0.2) is 14.5 Å². The van der Waals surface area contributed by atoms with Gasteiger partial charge in [0.15, 0.2) is 5.82 Å². The Balaban J connectivity index is 1.70. The molecule has 0 fully saturated rings. The summed E-state index contributed by atoms with van der Waals surface area (Å²) in [5.74, 6) is 0.169. The summed E-state index contributed by atoms with van der Waals surface area (Å²) < 4.78 is 3.40. The molecule has 3 rings (SSSR count). The Labute approximate surface area is 112 Å². The van der Waals surface area contributed by atoms with Gasteiger partial charge in [0, 0.05) is 19.4 Å². The maximum atomic E-state index is 11.9. The zero-order chi connectivity index (χ0) is 13.4. The normalized spacial score (nSPS) is 11.1. The van der Waals surface area contributed by atoms with Gasteiger partial charge in [-0.05, 0) is 6.92 Å². The van der Waals surface area contributed by atoms with Gasteiger partial charge in [0.25, 0.3) is 5.91 Å². The monoisotopic (exact) mass is 276 g/mol. The molecule has 7 nitrogen and oxygen atoms in total. The van der Waals surface area contributed by atoms with E-state index in [1.807, 2.05) is 13.1 Å². The van der Waals surface area contributed by atoms with Gasteiger partial charge in [-0.15, -0.1) is 0 Å². The van der Waals surface area contributed by atoms with Gasteiger partial charge in [0.1, 0.15) is 5.01 Å². The lowest BCUT2D eigenvalue weighted by molar-refractivity contribution is 0.0937. The fourth-order valence-electron chi connectivity index (χ4n) is 1.76. The maximum absolute atomic E-state index is 11.9. The third-order valence-corrected chi connectivity index (χ3v) is 3.49. The van der Waals surface area contributed by atoms with Gasteiger partial charge in [0.05, 0.1) is 18.4 Å². The van der Waals surface area contributed by atoms with Crippen LogP contribution in [0.4, 0.5) is 0 Å². The van der Waals surface area contributed by atoms with Crippen LogP contribution >= 0.6 is 11.3 Å². The van der Waals surface area contributed by atoms with Gasteiger partial charge in [0.2, 0.25) is 4.96 Å². The summed E-state index contributed by atoms with van der Waals surface area (Å²) in [6.45, 7) is 2.29. The molecule has 19 heavy (non-hydrogen) atoms. The summed E-state index contributed by atoms with van der Waals surface area (Å²) in [5, 5.41) is 8.02. The fraction of sp³-hybridized carbons (Fsp3) is 0.273.